The van der Waals surface area contributed by atoms with Crippen molar-refractivity contribution in [1.29, 1.82) is 0 Å². The van der Waals surface area contributed by atoms with E-state index < -0.39 is 5.43 Å². The van der Waals surface area contributed by atoms with Gasteiger partial charge in [-0.25, -0.2) is 4.79 Å². The van der Waals surface area contributed by atoms with Crippen molar-refractivity contribution < 1.29 is 14.6 Å². The van der Waals surface area contributed by atoms with Crippen LogP contribution in [0.1, 0.15) is 135 Å². The van der Waals surface area contributed by atoms with Gasteiger partial charge in [-0.2, -0.15) is 4.89 Å². The van der Waals surface area contributed by atoms with Gasteiger partial charge in [0.15, 0.2) is 0 Å². The summed E-state index contributed by atoms with van der Waals surface area (Å²) in [6.07, 6.45) is 27.3. The van der Waals surface area contributed by atoms with E-state index >= 15 is 0 Å². The van der Waals surface area contributed by atoms with Gasteiger partial charge in [0.2, 0.25) is 0 Å². The van der Waals surface area contributed by atoms with Gasteiger partial charge in [0.1, 0.15) is 0 Å². The van der Waals surface area contributed by atoms with Crippen LogP contribution in [0.5, 0.6) is 0 Å². The minimum atomic E-state index is -0.900. The average molecular weight is 405 g/mol. The van der Waals surface area contributed by atoms with E-state index in [4.69, 9.17) is 11.6 Å². The molecule has 0 spiro atoms. The third-order valence-corrected chi connectivity index (χ3v) is 5.27. The molecule has 0 unspecified atom stereocenters. The predicted molar refractivity (Wildman–Crippen MR) is 116 cm³/mol. The lowest BCUT2D eigenvalue weighted by Gasteiger charge is -2.04. The van der Waals surface area contributed by atoms with Crippen LogP contribution in [0.3, 0.4) is 0 Å². The molecule has 0 aromatic heterocycles. The van der Waals surface area contributed by atoms with Crippen LogP contribution in [0.15, 0.2) is 0 Å². The van der Waals surface area contributed by atoms with E-state index in [0.717, 1.165) is 12.8 Å². The Balaban J connectivity index is 2.98. The van der Waals surface area contributed by atoms with Crippen molar-refractivity contribution in [1.82, 2.24) is 0 Å². The van der Waals surface area contributed by atoms with E-state index in [1.165, 1.54) is 116 Å². The van der Waals surface area contributed by atoms with Gasteiger partial charge in [-0.05, 0) is 6.42 Å². The van der Waals surface area contributed by atoms with Crippen molar-refractivity contribution in [3.63, 3.8) is 0 Å². The fourth-order valence-corrected chi connectivity index (χ4v) is 3.55. The molecule has 0 rings (SSSR count). The molecule has 0 aliphatic carbocycles. The van der Waals surface area contributed by atoms with Gasteiger partial charge in [-0.3, -0.25) is 4.89 Å². The Morgan fingerprint density at radius 1 is 0.556 bits per heavy atom. The maximum Gasteiger partial charge on any atom is 0.435 e. The molecule has 0 heterocycles. The smallest absolute Gasteiger partial charge is 0.280 e. The van der Waals surface area contributed by atoms with Crippen molar-refractivity contribution in [3.05, 3.63) is 0 Å². The van der Waals surface area contributed by atoms with E-state index in [2.05, 4.69) is 16.7 Å². The SMILES string of the molecule is CCCCCCCCCCCCCCCCCCCCCCOOC(=O)Cl. The molecule has 0 amide bonds. The van der Waals surface area contributed by atoms with Crippen LogP contribution >= 0.6 is 11.6 Å². The van der Waals surface area contributed by atoms with Crippen LogP contribution < -0.4 is 0 Å². The standard InChI is InChI=1S/C23H45ClO3/c1-2-3-4-5-6-7-8-9-10-11-12-13-14-15-16-17-18-19-20-21-22-26-27-23(24)25/h2-22H2,1H3. The molecule has 0 saturated carbocycles. The first-order chi connectivity index (χ1) is 13.3. The highest BCUT2D eigenvalue weighted by Crippen LogP contribution is 2.14. The summed E-state index contributed by atoms with van der Waals surface area (Å²) >= 11 is 4.99. The highest BCUT2D eigenvalue weighted by atomic mass is 35.5. The van der Waals surface area contributed by atoms with Crippen molar-refractivity contribution in [3.8, 4) is 0 Å². The molecule has 0 aliphatic heterocycles. The molecule has 162 valence electrons. The Bertz CT molecular complexity index is 297. The van der Waals surface area contributed by atoms with Gasteiger partial charge in [0.25, 0.3) is 0 Å². The summed E-state index contributed by atoms with van der Waals surface area (Å²) in [5, 5.41) is 0. The molecule has 0 bridgehead atoms. The average Bonchev–Trinajstić information content (AvgIpc) is 2.65. The summed E-state index contributed by atoms with van der Waals surface area (Å²) in [6.45, 7) is 2.73. The molecular weight excluding hydrogens is 360 g/mol. The topological polar surface area (TPSA) is 35.5 Å². The van der Waals surface area contributed by atoms with Crippen molar-refractivity contribution in [2.45, 2.75) is 135 Å². The first kappa shape index (κ1) is 26.7. The maximum atomic E-state index is 10.3. The first-order valence-corrected chi connectivity index (χ1v) is 12.1. The molecule has 0 aromatic rings. The zero-order chi connectivity index (χ0) is 19.8. The third-order valence-electron chi connectivity index (χ3n) is 5.21. The van der Waals surface area contributed by atoms with E-state index in [1.807, 2.05) is 0 Å². The van der Waals surface area contributed by atoms with Gasteiger partial charge in [-0.15, -0.1) is 0 Å². The van der Waals surface area contributed by atoms with Gasteiger partial charge in [0.05, 0.1) is 6.61 Å². The zero-order valence-electron chi connectivity index (χ0n) is 18.0. The molecule has 0 fully saturated rings. The number of halogens is 1. The Morgan fingerprint density at radius 3 is 1.15 bits per heavy atom. The Morgan fingerprint density at radius 2 is 0.852 bits per heavy atom. The van der Waals surface area contributed by atoms with Gasteiger partial charge in [0, 0.05) is 11.6 Å². The second kappa shape index (κ2) is 23.8. The second-order valence-electron chi connectivity index (χ2n) is 7.86. The third kappa shape index (κ3) is 25.7. The van der Waals surface area contributed by atoms with Crippen LogP contribution in [0.25, 0.3) is 0 Å². The van der Waals surface area contributed by atoms with Gasteiger partial charge < -0.3 is 0 Å². The molecule has 4 heteroatoms. The molecule has 0 atom stereocenters. The molecule has 0 saturated heterocycles. The minimum absolute atomic E-state index is 0.442. The van der Waals surface area contributed by atoms with E-state index in [9.17, 15) is 4.79 Å². The molecule has 0 aromatic carbocycles. The number of carbonyl (C=O) groups excluding carboxylic acids is 1. The summed E-state index contributed by atoms with van der Waals surface area (Å²) in [7, 11) is 0. The van der Waals surface area contributed by atoms with Crippen LogP contribution in [0.2, 0.25) is 0 Å². The fraction of sp³-hybridized carbons (Fsp3) is 0.957. The van der Waals surface area contributed by atoms with E-state index in [0.29, 0.717) is 6.61 Å². The van der Waals surface area contributed by atoms with E-state index in [-0.39, 0.29) is 0 Å². The number of hydrogen-bond acceptors (Lipinski definition) is 3. The monoisotopic (exact) mass is 404 g/mol. The number of carbonyl (C=O) groups is 1. The zero-order valence-corrected chi connectivity index (χ0v) is 18.7. The predicted octanol–water partition coefficient (Wildman–Crippen LogP) is 9.12. The molecule has 0 radical (unpaired) electrons. The van der Waals surface area contributed by atoms with Crippen LogP contribution in [0.4, 0.5) is 4.79 Å². The number of rotatable bonds is 22. The van der Waals surface area contributed by atoms with Crippen LogP contribution in [0, 0.1) is 0 Å². The molecule has 0 aliphatic rings. The Kier molecular flexibility index (Phi) is 23.5. The quantitative estimate of drug-likeness (QED) is 0.0780. The molecule has 27 heavy (non-hydrogen) atoms. The molecule has 3 nitrogen and oxygen atoms in total. The van der Waals surface area contributed by atoms with Gasteiger partial charge >= 0.3 is 5.43 Å². The lowest BCUT2D eigenvalue weighted by atomic mass is 10.0. The summed E-state index contributed by atoms with van der Waals surface area (Å²) in [6, 6.07) is 0. The Hall–Kier alpha value is -0.280. The lowest BCUT2D eigenvalue weighted by Crippen LogP contribution is -1.98. The molecular formula is C23H45ClO3. The fourth-order valence-electron chi connectivity index (χ4n) is 3.50. The summed E-state index contributed by atoms with van der Waals surface area (Å²) in [5.74, 6) is 0. The normalized spacial score (nSPS) is 11.0. The highest BCUT2D eigenvalue weighted by molar-refractivity contribution is 6.61. The van der Waals surface area contributed by atoms with Crippen molar-refractivity contribution in [2.24, 2.45) is 0 Å². The Labute approximate surface area is 173 Å². The summed E-state index contributed by atoms with van der Waals surface area (Å²) in [5.41, 5.74) is -0.900. The summed E-state index contributed by atoms with van der Waals surface area (Å²) in [4.78, 5) is 19.1. The largest absolute Gasteiger partial charge is 0.435 e. The summed E-state index contributed by atoms with van der Waals surface area (Å²) < 4.78 is 0. The second-order valence-corrected chi connectivity index (χ2v) is 8.17. The van der Waals surface area contributed by atoms with E-state index in [1.54, 1.807) is 0 Å². The van der Waals surface area contributed by atoms with Crippen molar-refractivity contribution >= 4 is 17.0 Å². The maximum absolute atomic E-state index is 10.3. The van der Waals surface area contributed by atoms with Crippen LogP contribution in [-0.4, -0.2) is 12.0 Å². The number of hydrogen-bond donors (Lipinski definition) is 0. The lowest BCUT2D eigenvalue weighted by molar-refractivity contribution is -0.231. The number of unbranched alkanes of at least 4 members (excludes halogenated alkanes) is 19. The van der Waals surface area contributed by atoms with Crippen LogP contribution in [-0.2, 0) is 9.78 Å². The van der Waals surface area contributed by atoms with Crippen molar-refractivity contribution in [2.75, 3.05) is 6.61 Å². The van der Waals surface area contributed by atoms with Gasteiger partial charge in [-0.1, -0.05) is 129 Å². The highest BCUT2D eigenvalue weighted by Gasteiger charge is 1.97. The molecule has 0 N–H and O–H groups in total. The first-order valence-electron chi connectivity index (χ1n) is 11.8. The minimum Gasteiger partial charge on any atom is -0.280 e.